The van der Waals surface area contributed by atoms with Crippen molar-refractivity contribution in [1.29, 1.82) is 0 Å². The summed E-state index contributed by atoms with van der Waals surface area (Å²) in [6.07, 6.45) is 0. The fourth-order valence-corrected chi connectivity index (χ4v) is 3.09. The quantitative estimate of drug-likeness (QED) is 0.662. The van der Waals surface area contributed by atoms with E-state index >= 15 is 0 Å². The Bertz CT molecular complexity index is 711. The highest BCUT2D eigenvalue weighted by molar-refractivity contribution is 7.21. The summed E-state index contributed by atoms with van der Waals surface area (Å²) < 4.78 is 1.28. The van der Waals surface area contributed by atoms with E-state index in [2.05, 4.69) is 26.0 Å². The van der Waals surface area contributed by atoms with Crippen LogP contribution in [0.25, 0.3) is 20.8 Å². The lowest BCUT2D eigenvalue weighted by molar-refractivity contribution is 1.38. The molecule has 0 unspecified atom stereocenters. The number of anilines is 1. The van der Waals surface area contributed by atoms with Crippen molar-refractivity contribution in [2.24, 2.45) is 0 Å². The molecule has 3 aromatic rings. The van der Waals surface area contributed by atoms with Crippen molar-refractivity contribution >= 4 is 27.2 Å². The summed E-state index contributed by atoms with van der Waals surface area (Å²) in [7, 11) is 0. The zero-order valence-electron chi connectivity index (χ0n) is 10.4. The molecule has 2 nitrogen and oxygen atoms in total. The first-order valence-electron chi connectivity index (χ1n) is 5.88. The molecule has 0 fully saturated rings. The van der Waals surface area contributed by atoms with Gasteiger partial charge in [0.2, 0.25) is 0 Å². The van der Waals surface area contributed by atoms with Crippen molar-refractivity contribution in [1.82, 2.24) is 4.98 Å². The molecule has 0 aliphatic carbocycles. The number of nitrogen functional groups attached to an aromatic ring is 1. The molecule has 0 amide bonds. The third-order valence-corrected chi connectivity index (χ3v) is 4.47. The maximum absolute atomic E-state index is 5.71. The molecular weight excluding hydrogens is 240 g/mol. The van der Waals surface area contributed by atoms with Crippen LogP contribution in [0.3, 0.4) is 0 Å². The molecule has 0 aliphatic rings. The number of nitrogens with zero attached hydrogens (tertiary/aromatic N) is 1. The molecule has 18 heavy (non-hydrogen) atoms. The Balaban J connectivity index is 2.19. The lowest BCUT2D eigenvalue weighted by Crippen LogP contribution is -1.83. The van der Waals surface area contributed by atoms with Gasteiger partial charge in [-0.2, -0.15) is 0 Å². The van der Waals surface area contributed by atoms with E-state index in [1.165, 1.54) is 15.8 Å². The number of thiazole rings is 1. The molecule has 0 bridgehead atoms. The monoisotopic (exact) mass is 254 g/mol. The van der Waals surface area contributed by atoms with Crippen molar-refractivity contribution in [2.75, 3.05) is 5.73 Å². The smallest absolute Gasteiger partial charge is 0.124 e. The molecule has 1 heterocycles. The second kappa shape index (κ2) is 4.10. The van der Waals surface area contributed by atoms with Crippen LogP contribution in [0.4, 0.5) is 5.69 Å². The topological polar surface area (TPSA) is 38.9 Å². The number of fused-ring (bicyclic) bond motifs is 1. The number of hydrogen-bond donors (Lipinski definition) is 1. The first kappa shape index (κ1) is 11.2. The van der Waals surface area contributed by atoms with E-state index in [1.54, 1.807) is 11.3 Å². The first-order chi connectivity index (χ1) is 8.65. The molecule has 0 spiro atoms. The van der Waals surface area contributed by atoms with Crippen molar-refractivity contribution in [3.63, 3.8) is 0 Å². The maximum Gasteiger partial charge on any atom is 0.124 e. The molecule has 3 rings (SSSR count). The van der Waals surface area contributed by atoms with Crippen molar-refractivity contribution < 1.29 is 0 Å². The molecule has 0 saturated heterocycles. The Morgan fingerprint density at radius 2 is 1.72 bits per heavy atom. The van der Waals surface area contributed by atoms with E-state index in [0.29, 0.717) is 0 Å². The van der Waals surface area contributed by atoms with Crippen LogP contribution in [0.15, 0.2) is 36.4 Å². The minimum atomic E-state index is 0.784. The van der Waals surface area contributed by atoms with Gasteiger partial charge in [0.05, 0.1) is 10.2 Å². The Kier molecular flexibility index (Phi) is 2.56. The zero-order chi connectivity index (χ0) is 12.7. The molecule has 0 aliphatic heterocycles. The van der Waals surface area contributed by atoms with Crippen molar-refractivity contribution in [3.8, 4) is 10.6 Å². The maximum atomic E-state index is 5.71. The minimum absolute atomic E-state index is 0.784. The SMILES string of the molecule is Cc1ccc2nc(-c3ccc(N)cc3)sc2c1C. The lowest BCUT2D eigenvalue weighted by atomic mass is 10.1. The van der Waals surface area contributed by atoms with Crippen LogP contribution in [0, 0.1) is 13.8 Å². The minimum Gasteiger partial charge on any atom is -0.399 e. The summed E-state index contributed by atoms with van der Waals surface area (Å²) in [5.74, 6) is 0. The van der Waals surface area contributed by atoms with Crippen LogP contribution in [0.2, 0.25) is 0 Å². The van der Waals surface area contributed by atoms with Crippen LogP contribution >= 0.6 is 11.3 Å². The summed E-state index contributed by atoms with van der Waals surface area (Å²) >= 11 is 1.75. The average Bonchev–Trinajstić information content (AvgIpc) is 2.80. The largest absolute Gasteiger partial charge is 0.399 e. The van der Waals surface area contributed by atoms with E-state index in [4.69, 9.17) is 10.7 Å². The second-order valence-electron chi connectivity index (χ2n) is 4.50. The average molecular weight is 254 g/mol. The van der Waals surface area contributed by atoms with Gasteiger partial charge in [-0.3, -0.25) is 0 Å². The van der Waals surface area contributed by atoms with Crippen LogP contribution < -0.4 is 5.73 Å². The molecular formula is C15H14N2S. The number of rotatable bonds is 1. The Morgan fingerprint density at radius 3 is 2.44 bits per heavy atom. The lowest BCUT2D eigenvalue weighted by Gasteiger charge is -1.98. The molecule has 90 valence electrons. The van der Waals surface area contributed by atoms with Crippen LogP contribution in [0.1, 0.15) is 11.1 Å². The third-order valence-electron chi connectivity index (χ3n) is 3.23. The van der Waals surface area contributed by atoms with E-state index in [-0.39, 0.29) is 0 Å². The van der Waals surface area contributed by atoms with Crippen molar-refractivity contribution in [3.05, 3.63) is 47.5 Å². The fraction of sp³-hybridized carbons (Fsp3) is 0.133. The molecule has 0 radical (unpaired) electrons. The van der Waals surface area contributed by atoms with E-state index < -0.39 is 0 Å². The van der Waals surface area contributed by atoms with Gasteiger partial charge in [0.25, 0.3) is 0 Å². The number of hydrogen-bond acceptors (Lipinski definition) is 3. The van der Waals surface area contributed by atoms with Crippen molar-refractivity contribution in [2.45, 2.75) is 13.8 Å². The molecule has 3 heteroatoms. The Hall–Kier alpha value is -1.87. The molecule has 2 N–H and O–H groups in total. The van der Waals surface area contributed by atoms with E-state index in [0.717, 1.165) is 21.8 Å². The van der Waals surface area contributed by atoms with E-state index in [9.17, 15) is 0 Å². The predicted molar refractivity (Wildman–Crippen MR) is 78.9 cm³/mol. The van der Waals surface area contributed by atoms with Gasteiger partial charge in [-0.1, -0.05) is 6.07 Å². The summed E-state index contributed by atoms with van der Waals surface area (Å²) in [6, 6.07) is 12.1. The predicted octanol–water partition coefficient (Wildman–Crippen LogP) is 4.16. The van der Waals surface area contributed by atoms with Crippen LogP contribution in [-0.4, -0.2) is 4.98 Å². The highest BCUT2D eigenvalue weighted by atomic mass is 32.1. The first-order valence-corrected chi connectivity index (χ1v) is 6.69. The Labute approximate surface area is 110 Å². The standard InChI is InChI=1S/C15H14N2S/c1-9-3-8-13-14(10(9)2)18-15(17-13)11-4-6-12(16)7-5-11/h3-8H,16H2,1-2H3. The van der Waals surface area contributed by atoms with Gasteiger partial charge >= 0.3 is 0 Å². The third kappa shape index (κ3) is 1.77. The molecule has 0 atom stereocenters. The van der Waals surface area contributed by atoms with Gasteiger partial charge in [-0.25, -0.2) is 4.98 Å². The highest BCUT2D eigenvalue weighted by Crippen LogP contribution is 2.33. The number of aromatic nitrogens is 1. The number of benzene rings is 2. The van der Waals surface area contributed by atoms with Gasteiger partial charge in [0.1, 0.15) is 5.01 Å². The summed E-state index contributed by atoms with van der Waals surface area (Å²) in [6.45, 7) is 4.29. The van der Waals surface area contributed by atoms with Gasteiger partial charge in [0.15, 0.2) is 0 Å². The van der Waals surface area contributed by atoms with Crippen LogP contribution in [-0.2, 0) is 0 Å². The normalized spacial score (nSPS) is 11.0. The van der Waals surface area contributed by atoms with Gasteiger partial charge in [-0.05, 0) is 55.3 Å². The Morgan fingerprint density at radius 1 is 1.00 bits per heavy atom. The second-order valence-corrected chi connectivity index (χ2v) is 5.50. The molecule has 1 aromatic heterocycles. The number of aryl methyl sites for hydroxylation is 2. The molecule has 2 aromatic carbocycles. The fourth-order valence-electron chi connectivity index (χ4n) is 1.97. The summed E-state index contributed by atoms with van der Waals surface area (Å²) in [4.78, 5) is 4.69. The molecule has 0 saturated carbocycles. The summed E-state index contributed by atoms with van der Waals surface area (Å²) in [5, 5.41) is 1.05. The van der Waals surface area contributed by atoms with Gasteiger partial charge in [0, 0.05) is 11.3 Å². The highest BCUT2D eigenvalue weighted by Gasteiger charge is 2.09. The van der Waals surface area contributed by atoms with Gasteiger partial charge in [-0.15, -0.1) is 11.3 Å². The summed E-state index contributed by atoms with van der Waals surface area (Å²) in [5.41, 5.74) is 11.3. The van der Waals surface area contributed by atoms with Gasteiger partial charge < -0.3 is 5.73 Å². The van der Waals surface area contributed by atoms with Crippen LogP contribution in [0.5, 0.6) is 0 Å². The number of nitrogens with two attached hydrogens (primary N) is 1. The van der Waals surface area contributed by atoms with E-state index in [1.807, 2.05) is 24.3 Å². The zero-order valence-corrected chi connectivity index (χ0v) is 11.2.